The average Bonchev–Trinajstić information content (AvgIpc) is 2.92. The molecule has 4 rings (SSSR count). The Morgan fingerprint density at radius 3 is 2.34 bits per heavy atom. The van der Waals surface area contributed by atoms with E-state index in [0.29, 0.717) is 55.1 Å². The molecule has 0 radical (unpaired) electrons. The van der Waals surface area contributed by atoms with Crippen LogP contribution in [0.25, 0.3) is 0 Å². The van der Waals surface area contributed by atoms with Crippen molar-refractivity contribution >= 4 is 29.3 Å². The number of aromatic hydroxyl groups is 1. The Bertz CT molecular complexity index is 1110. The molecule has 9 nitrogen and oxygen atoms in total. The molecule has 0 unspecified atom stereocenters. The lowest BCUT2D eigenvalue weighted by molar-refractivity contribution is -0.0415. The van der Waals surface area contributed by atoms with Gasteiger partial charge in [0, 0.05) is 33.2 Å². The van der Waals surface area contributed by atoms with Crippen molar-refractivity contribution < 1.29 is 33.6 Å². The fourth-order valence-electron chi connectivity index (χ4n) is 4.31. The van der Waals surface area contributed by atoms with E-state index in [2.05, 4.69) is 5.32 Å². The zero-order valence-electron chi connectivity index (χ0n) is 24.3. The number of nitrogens with one attached hydrogen (secondary N) is 1. The molecule has 2 saturated heterocycles. The summed E-state index contributed by atoms with van der Waals surface area (Å²) in [6, 6.07) is 11.0. The van der Waals surface area contributed by atoms with Crippen molar-refractivity contribution in [3.63, 3.8) is 0 Å². The van der Waals surface area contributed by atoms with E-state index in [1.165, 1.54) is 0 Å². The first-order valence-electron chi connectivity index (χ1n) is 13.8. The van der Waals surface area contributed by atoms with Gasteiger partial charge in [-0.1, -0.05) is 35.3 Å². The number of phenols is 1. The number of morpholine rings is 2. The normalized spacial score (nSPS) is 19.2. The van der Waals surface area contributed by atoms with Crippen LogP contribution in [-0.4, -0.2) is 93.6 Å². The lowest BCUT2D eigenvalue weighted by Gasteiger charge is -2.34. The van der Waals surface area contributed by atoms with Crippen LogP contribution in [0.4, 0.5) is 4.79 Å². The number of halogens is 2. The van der Waals surface area contributed by atoms with Crippen molar-refractivity contribution in [1.29, 1.82) is 0 Å². The highest BCUT2D eigenvalue weighted by Gasteiger charge is 2.28. The first-order valence-corrected chi connectivity index (χ1v) is 14.6. The number of hydrogen-bond acceptors (Lipinski definition) is 8. The second-order valence-corrected chi connectivity index (χ2v) is 11.7. The monoisotopic (exact) mass is 612 g/mol. The summed E-state index contributed by atoms with van der Waals surface area (Å²) in [5, 5.41) is 13.7. The highest BCUT2D eigenvalue weighted by Crippen LogP contribution is 2.27. The number of hydrogen-bond donors (Lipinski definition) is 2. The molecule has 2 aliphatic rings. The van der Waals surface area contributed by atoms with E-state index in [0.717, 1.165) is 37.2 Å². The van der Waals surface area contributed by atoms with Crippen molar-refractivity contribution in [2.24, 2.45) is 0 Å². The second kappa shape index (κ2) is 16.4. The van der Waals surface area contributed by atoms with Gasteiger partial charge in [0.15, 0.2) is 0 Å². The zero-order chi connectivity index (χ0) is 29.8. The van der Waals surface area contributed by atoms with Gasteiger partial charge in [0.1, 0.15) is 23.7 Å². The van der Waals surface area contributed by atoms with Crippen molar-refractivity contribution in [2.75, 3.05) is 59.7 Å². The Balaban J connectivity index is 0.000000228. The van der Waals surface area contributed by atoms with Crippen LogP contribution < -0.4 is 10.1 Å². The van der Waals surface area contributed by atoms with Gasteiger partial charge in [-0.2, -0.15) is 0 Å². The maximum Gasteiger partial charge on any atom is 0.410 e. The summed E-state index contributed by atoms with van der Waals surface area (Å²) < 4.78 is 27.2. The summed E-state index contributed by atoms with van der Waals surface area (Å²) in [5.41, 5.74) is 1.62. The Kier molecular flexibility index (Phi) is 13.3. The van der Waals surface area contributed by atoms with Crippen LogP contribution >= 0.6 is 23.2 Å². The Labute approximate surface area is 252 Å². The first kappa shape index (κ1) is 33.2. The van der Waals surface area contributed by atoms with Gasteiger partial charge in [0.05, 0.1) is 48.6 Å². The van der Waals surface area contributed by atoms with Crippen molar-refractivity contribution in [3.05, 3.63) is 57.6 Å². The third-order valence-electron chi connectivity index (χ3n) is 6.28. The van der Waals surface area contributed by atoms with Gasteiger partial charge in [0.2, 0.25) is 0 Å². The van der Waals surface area contributed by atoms with Crippen molar-refractivity contribution in [1.82, 2.24) is 10.2 Å². The number of ether oxygens (including phenoxy) is 5. The van der Waals surface area contributed by atoms with Crippen LogP contribution in [0.3, 0.4) is 0 Å². The van der Waals surface area contributed by atoms with Crippen LogP contribution in [0.15, 0.2) is 36.4 Å². The molecule has 228 valence electrons. The molecular formula is C30H42Cl2N2O7. The molecule has 2 heterocycles. The van der Waals surface area contributed by atoms with E-state index in [4.69, 9.17) is 46.9 Å². The number of benzene rings is 2. The fourth-order valence-corrected chi connectivity index (χ4v) is 4.77. The summed E-state index contributed by atoms with van der Waals surface area (Å²) in [6.07, 6.45) is 1.29. The molecule has 2 N–H and O–H groups in total. The highest BCUT2D eigenvalue weighted by molar-refractivity contribution is 6.32. The summed E-state index contributed by atoms with van der Waals surface area (Å²) in [5.74, 6) is 0.760. The molecule has 11 heteroatoms. The van der Waals surface area contributed by atoms with Gasteiger partial charge in [-0.25, -0.2) is 4.79 Å². The third kappa shape index (κ3) is 11.9. The zero-order valence-corrected chi connectivity index (χ0v) is 25.8. The molecule has 0 spiro atoms. The minimum atomic E-state index is -0.505. The van der Waals surface area contributed by atoms with Gasteiger partial charge in [-0.3, -0.25) is 0 Å². The van der Waals surface area contributed by atoms with Gasteiger partial charge < -0.3 is 39.0 Å². The van der Waals surface area contributed by atoms with Crippen LogP contribution in [0, 0.1) is 0 Å². The van der Waals surface area contributed by atoms with Crippen LogP contribution in [-0.2, 0) is 31.8 Å². The number of rotatable bonds is 8. The topological polar surface area (TPSA) is 98.7 Å². The average molecular weight is 614 g/mol. The van der Waals surface area contributed by atoms with Crippen molar-refractivity contribution in [2.45, 2.75) is 51.4 Å². The Morgan fingerprint density at radius 2 is 1.71 bits per heavy atom. The number of nitrogens with zero attached hydrogens (tertiary/aromatic N) is 1. The number of carbonyl (C=O) groups excluding carboxylic acids is 1. The Hall–Kier alpha value is -2.27. The molecule has 2 atom stereocenters. The van der Waals surface area contributed by atoms with E-state index >= 15 is 0 Å². The quantitative estimate of drug-likeness (QED) is 0.396. The lowest BCUT2D eigenvalue weighted by atomic mass is 10.1. The summed E-state index contributed by atoms with van der Waals surface area (Å²) in [6.45, 7) is 10.7. The SMILES string of the molecule is CC(C)(C)OC(=O)N1CCO[C@H](Cc2ccc(O)c(Cl)c2)C1.COCCOc1ccc(C[C@@H]2CNCCO2)cc1Cl. The van der Waals surface area contributed by atoms with E-state index < -0.39 is 5.60 Å². The minimum Gasteiger partial charge on any atom is -0.506 e. The minimum absolute atomic E-state index is 0.0605. The van der Waals surface area contributed by atoms with Gasteiger partial charge in [0.25, 0.3) is 0 Å². The van der Waals surface area contributed by atoms with E-state index in [9.17, 15) is 9.90 Å². The smallest absolute Gasteiger partial charge is 0.410 e. The lowest BCUT2D eigenvalue weighted by Crippen LogP contribution is -2.48. The summed E-state index contributed by atoms with van der Waals surface area (Å²) in [4.78, 5) is 13.8. The molecule has 1 amide bonds. The van der Waals surface area contributed by atoms with Gasteiger partial charge >= 0.3 is 6.09 Å². The maximum absolute atomic E-state index is 12.1. The summed E-state index contributed by atoms with van der Waals surface area (Å²) >= 11 is 12.1. The number of carbonyl (C=O) groups is 1. The van der Waals surface area contributed by atoms with Gasteiger partial charge in [-0.15, -0.1) is 0 Å². The molecule has 2 aromatic rings. The molecule has 2 fully saturated rings. The first-order chi connectivity index (χ1) is 19.5. The van der Waals surface area contributed by atoms with Crippen LogP contribution in [0.2, 0.25) is 10.0 Å². The molecule has 2 aliphatic heterocycles. The number of methoxy groups -OCH3 is 1. The fraction of sp³-hybridized carbons (Fsp3) is 0.567. The third-order valence-corrected chi connectivity index (χ3v) is 6.87. The van der Waals surface area contributed by atoms with E-state index in [1.807, 2.05) is 39.0 Å². The maximum atomic E-state index is 12.1. The number of amides is 1. The molecule has 0 aromatic heterocycles. The Morgan fingerprint density at radius 1 is 1.02 bits per heavy atom. The molecule has 2 aromatic carbocycles. The highest BCUT2D eigenvalue weighted by atomic mass is 35.5. The molecule has 0 aliphatic carbocycles. The molecule has 0 bridgehead atoms. The molecule has 0 saturated carbocycles. The second-order valence-electron chi connectivity index (χ2n) is 10.9. The number of phenolic OH excluding ortho intramolecular Hbond substituents is 1. The van der Waals surface area contributed by atoms with Crippen molar-refractivity contribution in [3.8, 4) is 11.5 Å². The van der Waals surface area contributed by atoms with E-state index in [1.54, 1.807) is 30.2 Å². The van der Waals surface area contributed by atoms with Crippen LogP contribution in [0.1, 0.15) is 31.9 Å². The predicted molar refractivity (Wildman–Crippen MR) is 160 cm³/mol. The standard InChI is InChI=1S/C16H22ClNO4.C14H20ClNO3/c1-16(2,3)22-15(20)18-6-7-21-12(10-18)8-11-4-5-14(19)13(17)9-11;1-17-6-7-19-14-3-2-11(9-13(14)15)8-12-10-16-4-5-18-12/h4-5,9,12,19H,6-8,10H2,1-3H3;2-3,9,12,16H,4-8,10H2,1H3/t2*12-/m11/s1. The predicted octanol–water partition coefficient (Wildman–Crippen LogP) is 5.12. The molecule has 41 heavy (non-hydrogen) atoms. The summed E-state index contributed by atoms with van der Waals surface area (Å²) in [7, 11) is 1.65. The van der Waals surface area contributed by atoms with Gasteiger partial charge in [-0.05, 0) is 62.6 Å². The molecular weight excluding hydrogens is 571 g/mol. The van der Waals surface area contributed by atoms with E-state index in [-0.39, 0.29) is 24.1 Å². The van der Waals surface area contributed by atoms with Crippen LogP contribution in [0.5, 0.6) is 11.5 Å². The largest absolute Gasteiger partial charge is 0.506 e.